The number of thioether (sulfide) groups is 1. The van der Waals surface area contributed by atoms with Crippen molar-refractivity contribution in [1.82, 2.24) is 4.90 Å². The van der Waals surface area contributed by atoms with Gasteiger partial charge in [0.05, 0.1) is 12.5 Å². The number of aliphatic carboxylic acids is 1. The summed E-state index contributed by atoms with van der Waals surface area (Å²) in [5, 5.41) is 10.2. The first-order valence-corrected chi connectivity index (χ1v) is 8.34. The zero-order valence-electron chi connectivity index (χ0n) is 12.0. The second-order valence-electron chi connectivity index (χ2n) is 5.43. The number of hydrogen-bond acceptors (Lipinski definition) is 4. The highest BCUT2D eigenvalue weighted by atomic mass is 32.2. The van der Waals surface area contributed by atoms with E-state index in [0.717, 1.165) is 34.8 Å². The molecule has 0 spiro atoms. The second-order valence-corrected chi connectivity index (χ2v) is 6.58. The van der Waals surface area contributed by atoms with Gasteiger partial charge in [0.1, 0.15) is 11.3 Å². The molecule has 1 aromatic heterocycles. The Balaban J connectivity index is 1.84. The van der Waals surface area contributed by atoms with Crippen molar-refractivity contribution in [3.63, 3.8) is 0 Å². The Kier molecular flexibility index (Phi) is 4.22. The van der Waals surface area contributed by atoms with E-state index in [0.29, 0.717) is 0 Å². The van der Waals surface area contributed by atoms with E-state index in [9.17, 15) is 4.79 Å². The highest BCUT2D eigenvalue weighted by molar-refractivity contribution is 7.99. The first kappa shape index (κ1) is 14.5. The van der Waals surface area contributed by atoms with Crippen LogP contribution in [0.25, 0.3) is 11.0 Å². The largest absolute Gasteiger partial charge is 0.481 e. The number of carboxylic acids is 1. The zero-order valence-corrected chi connectivity index (χ0v) is 12.8. The lowest BCUT2D eigenvalue weighted by molar-refractivity contribution is -0.138. The number of carbonyl (C=O) groups is 1. The molecule has 1 aliphatic heterocycles. The van der Waals surface area contributed by atoms with Gasteiger partial charge < -0.3 is 9.52 Å². The molecule has 5 heteroatoms. The summed E-state index contributed by atoms with van der Waals surface area (Å²) in [5.41, 5.74) is 0.889. The predicted molar refractivity (Wildman–Crippen MR) is 84.7 cm³/mol. The third-order valence-corrected chi connectivity index (χ3v) is 5.13. The van der Waals surface area contributed by atoms with Gasteiger partial charge in [-0.2, -0.15) is 11.8 Å². The molecule has 0 amide bonds. The molecule has 2 aromatic rings. The van der Waals surface area contributed by atoms with Crippen molar-refractivity contribution in [3.8, 4) is 0 Å². The summed E-state index contributed by atoms with van der Waals surface area (Å²) in [5.74, 6) is 2.10. The Labute approximate surface area is 128 Å². The number of fused-ring (bicyclic) bond motifs is 1. The number of para-hydroxylation sites is 1. The van der Waals surface area contributed by atoms with Gasteiger partial charge >= 0.3 is 5.97 Å². The van der Waals surface area contributed by atoms with Gasteiger partial charge in [-0.25, -0.2) is 0 Å². The third-order valence-electron chi connectivity index (χ3n) is 4.04. The van der Waals surface area contributed by atoms with Crippen molar-refractivity contribution in [2.75, 3.05) is 18.1 Å². The Morgan fingerprint density at radius 2 is 2.33 bits per heavy atom. The number of furan rings is 1. The van der Waals surface area contributed by atoms with Gasteiger partial charge in [0.25, 0.3) is 0 Å². The van der Waals surface area contributed by atoms with E-state index in [2.05, 4.69) is 17.9 Å². The summed E-state index contributed by atoms with van der Waals surface area (Å²) >= 11 is 1.83. The molecule has 4 nitrogen and oxygen atoms in total. The topological polar surface area (TPSA) is 53.7 Å². The fourth-order valence-corrected chi connectivity index (χ4v) is 4.01. The molecule has 0 aliphatic carbocycles. The molecular weight excluding hydrogens is 286 g/mol. The number of nitrogens with zero attached hydrogens (tertiary/aromatic N) is 1. The molecule has 1 fully saturated rings. The van der Waals surface area contributed by atoms with Gasteiger partial charge in [-0.1, -0.05) is 18.2 Å². The average molecular weight is 305 g/mol. The Morgan fingerprint density at radius 1 is 1.52 bits per heavy atom. The standard InChI is InChI=1S/C16H19NO3S/c1-11(15-8-12-4-2-3-5-14(12)20-15)17-6-7-21-10-13(17)9-16(18)19/h2-5,8,11,13H,6-7,9-10H2,1H3,(H,18,19). The van der Waals surface area contributed by atoms with Crippen molar-refractivity contribution in [2.45, 2.75) is 25.4 Å². The molecular formula is C16H19NO3S. The molecule has 2 atom stereocenters. The van der Waals surface area contributed by atoms with E-state index in [-0.39, 0.29) is 18.5 Å². The molecule has 21 heavy (non-hydrogen) atoms. The maximum Gasteiger partial charge on any atom is 0.304 e. The third kappa shape index (κ3) is 3.09. The van der Waals surface area contributed by atoms with E-state index in [1.807, 2.05) is 36.0 Å². The van der Waals surface area contributed by atoms with Crippen LogP contribution in [-0.2, 0) is 4.79 Å². The van der Waals surface area contributed by atoms with Crippen LogP contribution >= 0.6 is 11.8 Å². The first-order chi connectivity index (χ1) is 10.1. The highest BCUT2D eigenvalue weighted by Gasteiger charge is 2.30. The second kappa shape index (κ2) is 6.12. The van der Waals surface area contributed by atoms with Crippen molar-refractivity contribution in [3.05, 3.63) is 36.1 Å². The first-order valence-electron chi connectivity index (χ1n) is 7.19. The lowest BCUT2D eigenvalue weighted by Crippen LogP contribution is -2.44. The van der Waals surface area contributed by atoms with E-state index in [1.54, 1.807) is 0 Å². The molecule has 0 bridgehead atoms. The Bertz CT molecular complexity index is 606. The summed E-state index contributed by atoms with van der Waals surface area (Å²) in [6.45, 7) is 3.00. The van der Waals surface area contributed by atoms with Gasteiger partial charge in [-0.3, -0.25) is 9.69 Å². The molecule has 112 valence electrons. The lowest BCUT2D eigenvalue weighted by Gasteiger charge is -2.38. The number of carboxylic acid groups (broad SMARTS) is 1. The molecule has 1 aromatic carbocycles. The lowest BCUT2D eigenvalue weighted by atomic mass is 10.1. The molecule has 0 radical (unpaired) electrons. The summed E-state index contributed by atoms with van der Waals surface area (Å²) in [4.78, 5) is 13.3. The van der Waals surface area contributed by atoms with Crippen LogP contribution in [0.3, 0.4) is 0 Å². The summed E-state index contributed by atoms with van der Waals surface area (Å²) in [6, 6.07) is 10.2. The van der Waals surface area contributed by atoms with Crippen LogP contribution in [0.1, 0.15) is 25.1 Å². The molecule has 1 aliphatic rings. The van der Waals surface area contributed by atoms with E-state index >= 15 is 0 Å². The molecule has 1 N–H and O–H groups in total. The molecule has 2 heterocycles. The van der Waals surface area contributed by atoms with Crippen LogP contribution < -0.4 is 0 Å². The quantitative estimate of drug-likeness (QED) is 0.938. The maximum atomic E-state index is 11.1. The van der Waals surface area contributed by atoms with Gasteiger partial charge in [0.15, 0.2) is 0 Å². The number of rotatable bonds is 4. The molecule has 0 saturated carbocycles. The van der Waals surface area contributed by atoms with Crippen molar-refractivity contribution in [1.29, 1.82) is 0 Å². The highest BCUT2D eigenvalue weighted by Crippen LogP contribution is 2.32. The normalized spacial score (nSPS) is 21.5. The minimum atomic E-state index is -0.732. The molecule has 2 unspecified atom stereocenters. The fraction of sp³-hybridized carbons (Fsp3) is 0.438. The Morgan fingerprint density at radius 3 is 3.10 bits per heavy atom. The minimum Gasteiger partial charge on any atom is -0.481 e. The Hall–Kier alpha value is -1.46. The van der Waals surface area contributed by atoms with Crippen LogP contribution in [0.5, 0.6) is 0 Å². The smallest absolute Gasteiger partial charge is 0.304 e. The van der Waals surface area contributed by atoms with E-state index in [1.165, 1.54) is 0 Å². The number of benzene rings is 1. The molecule has 3 rings (SSSR count). The van der Waals surface area contributed by atoms with Gasteiger partial charge in [0, 0.05) is 29.5 Å². The van der Waals surface area contributed by atoms with Crippen LogP contribution in [0.2, 0.25) is 0 Å². The summed E-state index contributed by atoms with van der Waals surface area (Å²) in [6.07, 6.45) is 0.192. The predicted octanol–water partition coefficient (Wildman–Crippen LogP) is 3.39. The summed E-state index contributed by atoms with van der Waals surface area (Å²) < 4.78 is 5.94. The number of hydrogen-bond donors (Lipinski definition) is 1. The van der Waals surface area contributed by atoms with Gasteiger partial charge in [-0.15, -0.1) is 0 Å². The summed E-state index contributed by atoms with van der Waals surface area (Å²) in [7, 11) is 0. The van der Waals surface area contributed by atoms with E-state index < -0.39 is 5.97 Å². The van der Waals surface area contributed by atoms with Crippen molar-refractivity contribution in [2.24, 2.45) is 0 Å². The van der Waals surface area contributed by atoms with Crippen molar-refractivity contribution < 1.29 is 14.3 Å². The van der Waals surface area contributed by atoms with E-state index in [4.69, 9.17) is 9.52 Å². The van der Waals surface area contributed by atoms with Crippen molar-refractivity contribution >= 4 is 28.7 Å². The van der Waals surface area contributed by atoms with Crippen LogP contribution in [0.15, 0.2) is 34.7 Å². The van der Waals surface area contributed by atoms with Gasteiger partial charge in [0.2, 0.25) is 0 Å². The maximum absolute atomic E-state index is 11.1. The average Bonchev–Trinajstić information content (AvgIpc) is 2.90. The zero-order chi connectivity index (χ0) is 14.8. The van der Waals surface area contributed by atoms with Crippen LogP contribution in [0, 0.1) is 0 Å². The molecule has 1 saturated heterocycles. The monoisotopic (exact) mass is 305 g/mol. The minimum absolute atomic E-state index is 0.0736. The van der Waals surface area contributed by atoms with Crippen LogP contribution in [-0.4, -0.2) is 40.1 Å². The SMILES string of the molecule is CC(c1cc2ccccc2o1)N1CCSCC1CC(=O)O. The van der Waals surface area contributed by atoms with Crippen LogP contribution in [0.4, 0.5) is 0 Å². The fourth-order valence-electron chi connectivity index (χ4n) is 2.93. The van der Waals surface area contributed by atoms with Gasteiger partial charge in [-0.05, 0) is 19.1 Å².